The van der Waals surface area contributed by atoms with E-state index in [-0.39, 0.29) is 17.1 Å². The van der Waals surface area contributed by atoms with Crippen LogP contribution in [0, 0.1) is 6.92 Å². The molecule has 1 fully saturated rings. The second-order valence-corrected chi connectivity index (χ2v) is 7.71. The van der Waals surface area contributed by atoms with Crippen LogP contribution in [0.4, 0.5) is 11.4 Å². The van der Waals surface area contributed by atoms with E-state index in [4.69, 9.17) is 9.52 Å². The molecule has 25 heavy (non-hydrogen) atoms. The summed E-state index contributed by atoms with van der Waals surface area (Å²) in [6.45, 7) is 2.20. The molecule has 3 rings (SSSR count). The summed E-state index contributed by atoms with van der Waals surface area (Å²) in [5.41, 5.74) is 1.55. The summed E-state index contributed by atoms with van der Waals surface area (Å²) in [6, 6.07) is 6.05. The van der Waals surface area contributed by atoms with Crippen molar-refractivity contribution in [3.63, 3.8) is 0 Å². The molecule has 0 atom stereocenters. The quantitative estimate of drug-likeness (QED) is 0.858. The third-order valence-corrected chi connectivity index (χ3v) is 5.76. The van der Waals surface area contributed by atoms with Crippen LogP contribution in [0.25, 0.3) is 0 Å². The number of carboxylic acid groups (broad SMARTS) is 1. The van der Waals surface area contributed by atoms with Crippen molar-refractivity contribution in [1.29, 1.82) is 0 Å². The number of amides is 1. The number of rotatable bonds is 4. The van der Waals surface area contributed by atoms with Crippen LogP contribution in [-0.4, -0.2) is 37.7 Å². The molecule has 0 saturated carbocycles. The molecule has 2 aromatic rings. The Morgan fingerprint density at radius 2 is 2.04 bits per heavy atom. The average molecular weight is 364 g/mol. The third-order valence-electron chi connectivity index (χ3n) is 3.91. The standard InChI is InChI=1S/C16H16N2O6S/c1-10-3-4-12(8-13(10)18-5-2-6-25(18,22)23)17-15(19)14-7-11(9-24-14)16(20)21/h3-4,7-9H,2,5-6H2,1H3,(H,17,19)(H,20,21). The molecule has 2 N–H and O–H groups in total. The molecule has 1 aromatic heterocycles. The number of benzene rings is 1. The molecule has 1 aliphatic heterocycles. The molecule has 0 unspecified atom stereocenters. The van der Waals surface area contributed by atoms with E-state index in [1.807, 2.05) is 0 Å². The molecule has 1 aliphatic rings. The molecule has 0 bridgehead atoms. The highest BCUT2D eigenvalue weighted by molar-refractivity contribution is 7.93. The lowest BCUT2D eigenvalue weighted by Crippen LogP contribution is -2.26. The molecule has 0 spiro atoms. The summed E-state index contributed by atoms with van der Waals surface area (Å²) in [4.78, 5) is 23.0. The first-order valence-corrected chi connectivity index (χ1v) is 9.13. The Hall–Kier alpha value is -2.81. The van der Waals surface area contributed by atoms with Crippen LogP contribution < -0.4 is 9.62 Å². The Bertz CT molecular complexity index is 947. The fourth-order valence-corrected chi connectivity index (χ4v) is 4.24. The van der Waals surface area contributed by atoms with E-state index in [0.29, 0.717) is 24.3 Å². The van der Waals surface area contributed by atoms with Gasteiger partial charge in [-0.3, -0.25) is 9.10 Å². The van der Waals surface area contributed by atoms with E-state index in [0.717, 1.165) is 17.9 Å². The lowest BCUT2D eigenvalue weighted by Gasteiger charge is -2.20. The summed E-state index contributed by atoms with van der Waals surface area (Å²) in [5, 5.41) is 11.4. The van der Waals surface area contributed by atoms with Gasteiger partial charge in [0.05, 0.1) is 17.0 Å². The second-order valence-electron chi connectivity index (χ2n) is 5.70. The highest BCUT2D eigenvalue weighted by Crippen LogP contribution is 2.30. The highest BCUT2D eigenvalue weighted by atomic mass is 32.2. The maximum absolute atomic E-state index is 12.2. The number of hydrogen-bond donors (Lipinski definition) is 2. The minimum Gasteiger partial charge on any atom is -0.478 e. The van der Waals surface area contributed by atoms with Crippen molar-refractivity contribution in [2.24, 2.45) is 0 Å². The van der Waals surface area contributed by atoms with Crippen molar-refractivity contribution in [1.82, 2.24) is 0 Å². The molecular formula is C16H16N2O6S. The Kier molecular flexibility index (Phi) is 4.25. The number of anilines is 2. The topological polar surface area (TPSA) is 117 Å². The van der Waals surface area contributed by atoms with Crippen LogP contribution in [-0.2, 0) is 10.0 Å². The zero-order valence-corrected chi connectivity index (χ0v) is 14.2. The number of carboxylic acids is 1. The molecule has 2 heterocycles. The van der Waals surface area contributed by atoms with Gasteiger partial charge in [0.25, 0.3) is 5.91 Å². The van der Waals surface area contributed by atoms with Crippen LogP contribution in [0.3, 0.4) is 0 Å². The Morgan fingerprint density at radius 1 is 1.28 bits per heavy atom. The van der Waals surface area contributed by atoms with E-state index in [1.54, 1.807) is 25.1 Å². The van der Waals surface area contributed by atoms with Gasteiger partial charge in [0.1, 0.15) is 6.26 Å². The predicted octanol–water partition coefficient (Wildman–Crippen LogP) is 2.08. The van der Waals surface area contributed by atoms with E-state index < -0.39 is 21.9 Å². The monoisotopic (exact) mass is 364 g/mol. The Balaban J connectivity index is 1.84. The smallest absolute Gasteiger partial charge is 0.338 e. The van der Waals surface area contributed by atoms with Gasteiger partial charge in [-0.15, -0.1) is 0 Å². The van der Waals surface area contributed by atoms with Crippen molar-refractivity contribution in [3.05, 3.63) is 47.4 Å². The van der Waals surface area contributed by atoms with Crippen molar-refractivity contribution in [3.8, 4) is 0 Å². The maximum atomic E-state index is 12.2. The van der Waals surface area contributed by atoms with Crippen LogP contribution in [0.2, 0.25) is 0 Å². The van der Waals surface area contributed by atoms with Gasteiger partial charge in [-0.25, -0.2) is 13.2 Å². The number of furan rings is 1. The SMILES string of the molecule is Cc1ccc(NC(=O)c2cc(C(=O)O)co2)cc1N1CCCS1(=O)=O. The van der Waals surface area contributed by atoms with Crippen LogP contribution >= 0.6 is 0 Å². The van der Waals surface area contributed by atoms with Crippen LogP contribution in [0.5, 0.6) is 0 Å². The van der Waals surface area contributed by atoms with Gasteiger partial charge < -0.3 is 14.8 Å². The lowest BCUT2D eigenvalue weighted by atomic mass is 10.1. The maximum Gasteiger partial charge on any atom is 0.338 e. The molecule has 132 valence electrons. The average Bonchev–Trinajstić information content (AvgIpc) is 3.16. The number of carbonyl (C=O) groups is 2. The predicted molar refractivity (Wildman–Crippen MR) is 90.5 cm³/mol. The van der Waals surface area contributed by atoms with E-state index in [9.17, 15) is 18.0 Å². The number of nitrogens with one attached hydrogen (secondary N) is 1. The van der Waals surface area contributed by atoms with Gasteiger partial charge in [0, 0.05) is 18.3 Å². The van der Waals surface area contributed by atoms with E-state index in [2.05, 4.69) is 5.32 Å². The fraction of sp³-hybridized carbons (Fsp3) is 0.250. The largest absolute Gasteiger partial charge is 0.478 e. The van der Waals surface area contributed by atoms with Gasteiger partial charge >= 0.3 is 5.97 Å². The number of aromatic carboxylic acids is 1. The highest BCUT2D eigenvalue weighted by Gasteiger charge is 2.29. The first-order valence-electron chi connectivity index (χ1n) is 7.52. The molecule has 1 amide bonds. The summed E-state index contributed by atoms with van der Waals surface area (Å²) in [6.07, 6.45) is 1.54. The second kappa shape index (κ2) is 6.25. The molecule has 8 nitrogen and oxygen atoms in total. The zero-order chi connectivity index (χ0) is 18.2. The minimum absolute atomic E-state index is 0.105. The van der Waals surface area contributed by atoms with Gasteiger partial charge in [0.2, 0.25) is 10.0 Å². The number of sulfonamides is 1. The van der Waals surface area contributed by atoms with Gasteiger partial charge in [0.15, 0.2) is 5.76 Å². The molecule has 0 radical (unpaired) electrons. The van der Waals surface area contributed by atoms with Gasteiger partial charge in [-0.1, -0.05) is 6.07 Å². The molecule has 9 heteroatoms. The third kappa shape index (κ3) is 3.36. The van der Waals surface area contributed by atoms with Gasteiger partial charge in [-0.05, 0) is 31.0 Å². The summed E-state index contributed by atoms with van der Waals surface area (Å²) in [5.74, 6) is -1.85. The van der Waals surface area contributed by atoms with Crippen molar-refractivity contribution >= 4 is 33.3 Å². The first-order chi connectivity index (χ1) is 11.8. The summed E-state index contributed by atoms with van der Waals surface area (Å²) in [7, 11) is -3.33. The number of carbonyl (C=O) groups excluding carboxylic acids is 1. The first kappa shape index (κ1) is 17.0. The molecule has 1 aromatic carbocycles. The van der Waals surface area contributed by atoms with E-state index in [1.165, 1.54) is 4.31 Å². The fourth-order valence-electron chi connectivity index (χ4n) is 2.63. The normalized spacial score (nSPS) is 16.0. The number of aryl methyl sites for hydroxylation is 1. The Morgan fingerprint density at radius 3 is 2.64 bits per heavy atom. The van der Waals surface area contributed by atoms with Crippen molar-refractivity contribution in [2.45, 2.75) is 13.3 Å². The minimum atomic E-state index is -3.33. The molecule has 0 aliphatic carbocycles. The van der Waals surface area contributed by atoms with Gasteiger partial charge in [-0.2, -0.15) is 0 Å². The number of nitrogens with zero attached hydrogens (tertiary/aromatic N) is 1. The van der Waals surface area contributed by atoms with Crippen molar-refractivity contribution < 1.29 is 27.5 Å². The molecule has 1 saturated heterocycles. The van der Waals surface area contributed by atoms with Crippen LogP contribution in [0.1, 0.15) is 32.9 Å². The summed E-state index contributed by atoms with van der Waals surface area (Å²) >= 11 is 0. The van der Waals surface area contributed by atoms with E-state index >= 15 is 0 Å². The van der Waals surface area contributed by atoms with Crippen molar-refractivity contribution in [2.75, 3.05) is 21.9 Å². The van der Waals surface area contributed by atoms with Crippen LogP contribution in [0.15, 0.2) is 34.9 Å². The molecular weight excluding hydrogens is 348 g/mol. The summed E-state index contributed by atoms with van der Waals surface area (Å²) < 4.78 is 30.5. The Labute approximate surface area is 144 Å². The number of hydrogen-bond acceptors (Lipinski definition) is 5. The lowest BCUT2D eigenvalue weighted by molar-refractivity contribution is 0.0696. The zero-order valence-electron chi connectivity index (χ0n) is 13.4.